The van der Waals surface area contributed by atoms with Crippen molar-refractivity contribution in [3.8, 4) is 11.5 Å². The number of likely N-dealkylation sites (tertiary alicyclic amines) is 1. The number of ether oxygens (including phenoxy) is 2. The summed E-state index contributed by atoms with van der Waals surface area (Å²) in [5, 5.41) is 2.65. The van der Waals surface area contributed by atoms with Gasteiger partial charge >= 0.3 is 0 Å². The van der Waals surface area contributed by atoms with Gasteiger partial charge in [-0.15, -0.1) is 0 Å². The Labute approximate surface area is 191 Å². The molecule has 178 valence electrons. The molecule has 3 aromatic rings. The number of hydrogen-bond acceptors (Lipinski definition) is 6. The lowest BCUT2D eigenvalue weighted by Gasteiger charge is -2.39. The molecule has 0 saturated carbocycles. The summed E-state index contributed by atoms with van der Waals surface area (Å²) in [7, 11) is 0. The van der Waals surface area contributed by atoms with Gasteiger partial charge in [0.15, 0.2) is 5.82 Å². The van der Waals surface area contributed by atoms with Gasteiger partial charge in [-0.2, -0.15) is 0 Å². The number of carbonyl (C=O) groups excluding carboxylic acids is 1. The number of carbonyl (C=O) groups is 1. The molecule has 8 nitrogen and oxygen atoms in total. The zero-order valence-electron chi connectivity index (χ0n) is 17.9. The molecule has 0 aliphatic carbocycles. The third kappa shape index (κ3) is 4.30. The maximum atomic E-state index is 15.1. The van der Waals surface area contributed by atoms with Crippen molar-refractivity contribution in [2.45, 2.75) is 25.5 Å². The van der Waals surface area contributed by atoms with Crippen molar-refractivity contribution in [2.24, 2.45) is 0 Å². The van der Waals surface area contributed by atoms with Crippen LogP contribution in [0.5, 0.6) is 11.5 Å². The fourth-order valence-electron chi connectivity index (χ4n) is 4.16. The van der Waals surface area contributed by atoms with Crippen molar-refractivity contribution < 1.29 is 27.4 Å². The van der Waals surface area contributed by atoms with Crippen molar-refractivity contribution in [3.63, 3.8) is 0 Å². The second-order valence-electron chi connectivity index (χ2n) is 8.24. The fourth-order valence-corrected chi connectivity index (χ4v) is 4.16. The van der Waals surface area contributed by atoms with E-state index in [2.05, 4.69) is 15.3 Å². The summed E-state index contributed by atoms with van der Waals surface area (Å²) in [5.74, 6) is -0.245. The molecule has 1 fully saturated rings. The van der Waals surface area contributed by atoms with Crippen molar-refractivity contribution in [1.29, 1.82) is 0 Å². The number of rotatable bonds is 7. The highest BCUT2D eigenvalue weighted by atomic mass is 19.3. The van der Waals surface area contributed by atoms with E-state index in [1.807, 2.05) is 4.90 Å². The monoisotopic (exact) mass is 474 g/mol. The molecule has 1 saturated heterocycles. The highest BCUT2D eigenvalue weighted by Crippen LogP contribution is 2.33. The fraction of sp³-hybridized carbons (Fsp3) is 0.348. The van der Waals surface area contributed by atoms with Crippen LogP contribution >= 0.6 is 0 Å². The standard InChI is InChI=1S/C23H21F3N4O4/c24-18(25)8-28-23(32)17-4-2-13(7-27-17)34-14-10-30(11-14)9-12-1-3-15-20(19(12)26)29-22(31)16-5-6-33-21(15)16/h1-4,7,14,18H,5-6,8-11H2,(H,28,32)(H,29,31). The van der Waals surface area contributed by atoms with Gasteiger partial charge in [-0.25, -0.2) is 18.2 Å². The molecular formula is C23H21F3N4O4. The summed E-state index contributed by atoms with van der Waals surface area (Å²) in [5.41, 5.74) is 0.864. The third-order valence-electron chi connectivity index (χ3n) is 5.86. The van der Waals surface area contributed by atoms with Crippen LogP contribution < -0.4 is 20.3 Å². The van der Waals surface area contributed by atoms with Gasteiger partial charge in [-0.1, -0.05) is 6.07 Å². The number of aromatic nitrogens is 2. The van der Waals surface area contributed by atoms with Crippen LogP contribution in [-0.2, 0) is 13.0 Å². The number of benzene rings is 1. The van der Waals surface area contributed by atoms with Crippen LogP contribution in [0.3, 0.4) is 0 Å². The number of nitrogens with one attached hydrogen (secondary N) is 2. The number of nitrogens with zero attached hydrogens (tertiary/aromatic N) is 2. The highest BCUT2D eigenvalue weighted by molar-refractivity contribution is 5.92. The van der Waals surface area contributed by atoms with E-state index >= 15 is 4.39 Å². The number of halogens is 3. The van der Waals surface area contributed by atoms with Gasteiger partial charge in [0.05, 0.1) is 30.4 Å². The maximum Gasteiger partial charge on any atom is 0.270 e. The Balaban J connectivity index is 1.18. The lowest BCUT2D eigenvalue weighted by molar-refractivity contribution is 0.0138. The summed E-state index contributed by atoms with van der Waals surface area (Å²) in [6.45, 7) is 1.14. The Bertz CT molecular complexity index is 1290. The number of aromatic amines is 1. The lowest BCUT2D eigenvalue weighted by Crippen LogP contribution is -2.53. The predicted molar refractivity (Wildman–Crippen MR) is 116 cm³/mol. The molecular weight excluding hydrogens is 453 g/mol. The summed E-state index contributed by atoms with van der Waals surface area (Å²) < 4.78 is 50.8. The zero-order valence-corrected chi connectivity index (χ0v) is 17.9. The van der Waals surface area contributed by atoms with E-state index in [0.29, 0.717) is 60.7 Å². The van der Waals surface area contributed by atoms with Crippen LogP contribution in [0, 0.1) is 5.82 Å². The second kappa shape index (κ2) is 8.98. The molecule has 0 unspecified atom stereocenters. The maximum absolute atomic E-state index is 15.1. The van der Waals surface area contributed by atoms with Crippen LogP contribution in [0.4, 0.5) is 13.2 Å². The smallest absolute Gasteiger partial charge is 0.270 e. The molecule has 0 atom stereocenters. The Kier molecular flexibility index (Phi) is 5.86. The number of amides is 1. The minimum Gasteiger partial charge on any atom is -0.492 e. The van der Waals surface area contributed by atoms with Gasteiger partial charge in [-0.3, -0.25) is 14.5 Å². The first-order valence-electron chi connectivity index (χ1n) is 10.8. The average molecular weight is 474 g/mol. The summed E-state index contributed by atoms with van der Waals surface area (Å²) in [6, 6.07) is 6.42. The van der Waals surface area contributed by atoms with Crippen LogP contribution in [0.1, 0.15) is 21.6 Å². The van der Waals surface area contributed by atoms with Crippen molar-refractivity contribution in [1.82, 2.24) is 20.2 Å². The van der Waals surface area contributed by atoms with E-state index in [1.165, 1.54) is 12.3 Å². The van der Waals surface area contributed by atoms with E-state index in [-0.39, 0.29) is 22.9 Å². The predicted octanol–water partition coefficient (Wildman–Crippen LogP) is 2.26. The lowest BCUT2D eigenvalue weighted by atomic mass is 10.0. The Morgan fingerprint density at radius 2 is 2.12 bits per heavy atom. The molecule has 34 heavy (non-hydrogen) atoms. The van der Waals surface area contributed by atoms with Gasteiger partial charge < -0.3 is 19.8 Å². The van der Waals surface area contributed by atoms with Gasteiger partial charge in [0.1, 0.15) is 23.3 Å². The Hall–Kier alpha value is -3.60. The zero-order chi connectivity index (χ0) is 23.8. The molecule has 2 aliphatic heterocycles. The molecule has 5 rings (SSSR count). The number of fused-ring (bicyclic) bond motifs is 3. The van der Waals surface area contributed by atoms with Crippen molar-refractivity contribution >= 4 is 16.8 Å². The van der Waals surface area contributed by atoms with Gasteiger partial charge in [0, 0.05) is 37.0 Å². The highest BCUT2D eigenvalue weighted by Gasteiger charge is 2.30. The number of H-pyrrole nitrogens is 1. The van der Waals surface area contributed by atoms with Crippen LogP contribution in [0.15, 0.2) is 35.3 Å². The normalized spacial score (nSPS) is 15.8. The third-order valence-corrected chi connectivity index (χ3v) is 5.86. The molecule has 2 aromatic heterocycles. The van der Waals surface area contributed by atoms with Crippen LogP contribution in [-0.4, -0.2) is 59.5 Å². The molecule has 4 heterocycles. The molecule has 1 amide bonds. The molecule has 2 aliphatic rings. The quantitative estimate of drug-likeness (QED) is 0.546. The average Bonchev–Trinajstić information content (AvgIpc) is 3.29. The minimum absolute atomic E-state index is 0.0177. The molecule has 2 N–H and O–H groups in total. The first-order valence-corrected chi connectivity index (χ1v) is 10.8. The first kappa shape index (κ1) is 22.2. The molecule has 11 heteroatoms. The van der Waals surface area contributed by atoms with Crippen LogP contribution in [0.25, 0.3) is 10.9 Å². The molecule has 0 bridgehead atoms. The van der Waals surface area contributed by atoms with Crippen molar-refractivity contribution in [3.05, 3.63) is 63.5 Å². The minimum atomic E-state index is -2.63. The number of alkyl halides is 2. The van der Waals surface area contributed by atoms with E-state index in [0.717, 1.165) is 0 Å². The van der Waals surface area contributed by atoms with E-state index in [9.17, 15) is 18.4 Å². The van der Waals surface area contributed by atoms with Gasteiger partial charge in [0.2, 0.25) is 0 Å². The van der Waals surface area contributed by atoms with Gasteiger partial charge in [-0.05, 0) is 18.2 Å². The van der Waals surface area contributed by atoms with Gasteiger partial charge in [0.25, 0.3) is 17.9 Å². The molecule has 0 radical (unpaired) electrons. The summed E-state index contributed by atoms with van der Waals surface area (Å²) in [4.78, 5) is 32.6. The van der Waals surface area contributed by atoms with E-state index in [1.54, 1.807) is 18.2 Å². The summed E-state index contributed by atoms with van der Waals surface area (Å²) in [6.07, 6.45) is -0.892. The number of hydrogen-bond donors (Lipinski definition) is 2. The Morgan fingerprint density at radius 1 is 1.29 bits per heavy atom. The Morgan fingerprint density at radius 3 is 2.85 bits per heavy atom. The summed E-state index contributed by atoms with van der Waals surface area (Å²) >= 11 is 0. The molecule has 0 spiro atoms. The van der Waals surface area contributed by atoms with E-state index < -0.39 is 24.7 Å². The SMILES string of the molecule is O=C(NCC(F)F)c1ccc(OC2CN(Cc3ccc4c5c(c(=O)[nH]c4c3F)CCO5)C2)cn1. The first-order chi connectivity index (χ1) is 16.4. The van der Waals surface area contributed by atoms with E-state index in [4.69, 9.17) is 9.47 Å². The number of pyridine rings is 2. The largest absolute Gasteiger partial charge is 0.492 e. The van der Waals surface area contributed by atoms with Crippen LogP contribution in [0.2, 0.25) is 0 Å². The topological polar surface area (TPSA) is 96.6 Å². The van der Waals surface area contributed by atoms with Crippen molar-refractivity contribution in [2.75, 3.05) is 26.2 Å². The second-order valence-corrected chi connectivity index (χ2v) is 8.24. The molecule has 1 aromatic carbocycles.